The molecule has 0 fully saturated rings. The average molecular weight is 335 g/mol. The summed E-state index contributed by atoms with van der Waals surface area (Å²) < 4.78 is 156. The molecule has 1 nitrogen and oxygen atoms in total. The number of hydrogen-bond donors (Lipinski definition) is 0. The topological polar surface area (TPSA) is 9.23 Å². The molecule has 1 unspecified atom stereocenters. The third-order valence-electron chi connectivity index (χ3n) is 1.65. The first-order valence-electron chi connectivity index (χ1n) is 3.87. The van der Waals surface area contributed by atoms with Gasteiger partial charge in [0.05, 0.1) is 0 Å². The Hall–Kier alpha value is -0.950. The van der Waals surface area contributed by atoms with Crippen molar-refractivity contribution in [1.29, 1.82) is 0 Å². The van der Waals surface area contributed by atoms with Crippen molar-refractivity contribution >= 4 is 0 Å². The Labute approximate surface area is 99.8 Å². The van der Waals surface area contributed by atoms with Gasteiger partial charge in [-0.2, -0.15) is 43.9 Å². The van der Waals surface area contributed by atoms with Gasteiger partial charge in [0.1, 0.15) is 0 Å². The summed E-state index contributed by atoms with van der Waals surface area (Å²) in [6, 6.07) is 0. The van der Waals surface area contributed by atoms with Gasteiger partial charge in [0.15, 0.2) is 0 Å². The maximum Gasteiger partial charge on any atom is 0.525 e. The van der Waals surface area contributed by atoms with E-state index in [-0.39, 0.29) is 0 Å². The fourth-order valence-corrected chi connectivity index (χ4v) is 0.761. The van der Waals surface area contributed by atoms with Crippen LogP contribution in [0.1, 0.15) is 0 Å². The van der Waals surface area contributed by atoms with E-state index in [1.54, 1.807) is 0 Å². The summed E-state index contributed by atoms with van der Waals surface area (Å²) in [5.74, 6) is -22.2. The lowest BCUT2D eigenvalue weighted by atomic mass is 10.0. The predicted molar refractivity (Wildman–Crippen MR) is 32.4 cm³/mol. The quantitative estimate of drug-likeness (QED) is 0.690. The molecule has 0 amide bonds. The van der Waals surface area contributed by atoms with Crippen LogP contribution in [-0.2, 0) is 4.74 Å². The molecule has 0 aliphatic rings. The van der Waals surface area contributed by atoms with Crippen molar-refractivity contribution in [2.75, 3.05) is 0 Å². The van der Waals surface area contributed by atoms with Gasteiger partial charge >= 0.3 is 36.7 Å². The summed E-state index contributed by atoms with van der Waals surface area (Å²) >= 11 is 0. The molecule has 0 aromatic heterocycles. The molecule has 0 saturated carbocycles. The zero-order valence-corrected chi connectivity index (χ0v) is 8.32. The minimum Gasteiger partial charge on any atom is -0.242 e. The fourth-order valence-electron chi connectivity index (χ4n) is 0.761. The summed E-state index contributed by atoms with van der Waals surface area (Å²) in [5.41, 5.74) is 0. The van der Waals surface area contributed by atoms with Crippen molar-refractivity contribution in [2.45, 2.75) is 30.2 Å². The Bertz CT molecular complexity index is 337. The lowest BCUT2D eigenvalue weighted by molar-refractivity contribution is -0.474. The molecule has 20 heavy (non-hydrogen) atoms. The van der Waals surface area contributed by atoms with Gasteiger partial charge in [-0.25, -0.2) is 4.74 Å². The molecule has 0 rings (SSSR count). The molecule has 0 N–H and O–H groups in total. The maximum atomic E-state index is 12.8. The number of hydrogen-bond acceptors (Lipinski definition) is 1. The second-order valence-corrected chi connectivity index (χ2v) is 3.05. The molecule has 1 radical (unpaired) electrons. The minimum atomic E-state index is -7.59. The molecule has 14 heteroatoms. The first-order chi connectivity index (χ1) is 8.40. The zero-order valence-electron chi connectivity index (χ0n) is 8.32. The second-order valence-electron chi connectivity index (χ2n) is 3.05. The molecule has 0 aromatic rings. The summed E-state index contributed by atoms with van der Waals surface area (Å²) in [7, 11) is 0. The SMILES string of the molecule is F[C](F)C(F)(OC(F)(F)F)C(F)(F)C(F)(F)C(F)(F)F. The highest BCUT2D eigenvalue weighted by atomic mass is 19.4. The van der Waals surface area contributed by atoms with Crippen molar-refractivity contribution in [2.24, 2.45) is 0 Å². The highest BCUT2D eigenvalue weighted by Gasteiger charge is 2.85. The summed E-state index contributed by atoms with van der Waals surface area (Å²) in [6.45, 7) is 0. The number of ether oxygens (including phenoxy) is 1. The summed E-state index contributed by atoms with van der Waals surface area (Å²) in [5, 5.41) is 0. The average Bonchev–Trinajstić information content (AvgIpc) is 2.11. The molecule has 0 aliphatic heterocycles. The van der Waals surface area contributed by atoms with Crippen LogP contribution in [0.2, 0.25) is 0 Å². The number of halogens is 13. The van der Waals surface area contributed by atoms with Crippen molar-refractivity contribution in [3.63, 3.8) is 0 Å². The Kier molecular flexibility index (Phi) is 4.58. The summed E-state index contributed by atoms with van der Waals surface area (Å²) in [6.07, 6.45) is -18.8. The van der Waals surface area contributed by atoms with E-state index < -0.39 is 36.7 Å². The molecule has 0 bridgehead atoms. The highest BCUT2D eigenvalue weighted by Crippen LogP contribution is 2.57. The van der Waals surface area contributed by atoms with Crippen molar-refractivity contribution in [1.82, 2.24) is 0 Å². The van der Waals surface area contributed by atoms with Crippen LogP contribution in [0, 0.1) is 6.43 Å². The van der Waals surface area contributed by atoms with E-state index in [1.807, 2.05) is 0 Å². The largest absolute Gasteiger partial charge is 0.525 e. The second kappa shape index (κ2) is 4.80. The van der Waals surface area contributed by atoms with Crippen LogP contribution < -0.4 is 0 Å². The molecular formula is C6F13O. The maximum absolute atomic E-state index is 12.8. The van der Waals surface area contributed by atoms with Gasteiger partial charge in [-0.1, -0.05) is 0 Å². The van der Waals surface area contributed by atoms with E-state index in [4.69, 9.17) is 0 Å². The Morgan fingerprint density at radius 2 is 0.950 bits per heavy atom. The summed E-state index contributed by atoms with van der Waals surface area (Å²) in [4.78, 5) is 0. The van der Waals surface area contributed by atoms with Crippen LogP contribution in [0.3, 0.4) is 0 Å². The van der Waals surface area contributed by atoms with E-state index in [9.17, 15) is 57.1 Å². The van der Waals surface area contributed by atoms with E-state index >= 15 is 0 Å². The first kappa shape index (κ1) is 19.1. The predicted octanol–water partition coefficient (Wildman–Crippen LogP) is 4.45. The van der Waals surface area contributed by atoms with E-state index in [0.29, 0.717) is 0 Å². The van der Waals surface area contributed by atoms with Gasteiger partial charge in [-0.05, 0) is 0 Å². The molecule has 0 aliphatic carbocycles. The molecule has 0 spiro atoms. The van der Waals surface area contributed by atoms with Crippen LogP contribution in [0.5, 0.6) is 0 Å². The van der Waals surface area contributed by atoms with Gasteiger partial charge in [-0.15, -0.1) is 13.2 Å². The Morgan fingerprint density at radius 1 is 0.600 bits per heavy atom. The van der Waals surface area contributed by atoms with Gasteiger partial charge in [0.25, 0.3) is 0 Å². The van der Waals surface area contributed by atoms with Crippen LogP contribution >= 0.6 is 0 Å². The van der Waals surface area contributed by atoms with Gasteiger partial charge in [-0.3, -0.25) is 0 Å². The standard InChI is InChI=1S/C6F13O/c7-1(8)2(9,20-6(17,18)19)3(10,11)4(12,13)5(14,15)16. The van der Waals surface area contributed by atoms with Crippen molar-refractivity contribution in [3.8, 4) is 0 Å². The zero-order chi connectivity index (χ0) is 16.8. The molecule has 0 aromatic carbocycles. The lowest BCUT2D eigenvalue weighted by Gasteiger charge is -2.36. The van der Waals surface area contributed by atoms with Crippen LogP contribution in [0.15, 0.2) is 0 Å². The number of alkyl halides is 11. The normalized spacial score (nSPS) is 18.3. The third-order valence-corrected chi connectivity index (χ3v) is 1.65. The number of rotatable bonds is 4. The lowest BCUT2D eigenvalue weighted by Crippen LogP contribution is -2.65. The van der Waals surface area contributed by atoms with E-state index in [2.05, 4.69) is 0 Å². The molecule has 1 atom stereocenters. The van der Waals surface area contributed by atoms with Gasteiger partial charge in [0.2, 0.25) is 0 Å². The van der Waals surface area contributed by atoms with E-state index in [1.165, 1.54) is 4.74 Å². The molecule has 0 saturated heterocycles. The monoisotopic (exact) mass is 335 g/mol. The van der Waals surface area contributed by atoms with Crippen molar-refractivity contribution in [3.05, 3.63) is 6.43 Å². The van der Waals surface area contributed by atoms with Crippen molar-refractivity contribution < 1.29 is 61.8 Å². The minimum absolute atomic E-state index is 1.45. The van der Waals surface area contributed by atoms with Crippen LogP contribution in [-0.4, -0.2) is 30.2 Å². The molecule has 121 valence electrons. The van der Waals surface area contributed by atoms with Crippen LogP contribution in [0.4, 0.5) is 57.1 Å². The van der Waals surface area contributed by atoms with E-state index in [0.717, 1.165) is 0 Å². The Balaban J connectivity index is 5.94. The van der Waals surface area contributed by atoms with Crippen LogP contribution in [0.25, 0.3) is 0 Å². The van der Waals surface area contributed by atoms with Gasteiger partial charge in [0, 0.05) is 0 Å². The Morgan fingerprint density at radius 3 is 1.15 bits per heavy atom. The first-order valence-corrected chi connectivity index (χ1v) is 3.87. The molecular weight excluding hydrogens is 335 g/mol. The van der Waals surface area contributed by atoms with Gasteiger partial charge < -0.3 is 0 Å². The third kappa shape index (κ3) is 3.03. The smallest absolute Gasteiger partial charge is 0.242 e. The highest BCUT2D eigenvalue weighted by molar-refractivity contribution is 5.07. The molecule has 0 heterocycles. The fraction of sp³-hybridized carbons (Fsp3) is 0.833.